The fourth-order valence-corrected chi connectivity index (χ4v) is 7.31. The first kappa shape index (κ1) is 24.9. The lowest BCUT2D eigenvalue weighted by Gasteiger charge is -2.31. The van der Waals surface area contributed by atoms with Crippen molar-refractivity contribution in [2.24, 2.45) is 5.92 Å². The van der Waals surface area contributed by atoms with E-state index in [1.807, 2.05) is 49.9 Å². The van der Waals surface area contributed by atoms with Crippen molar-refractivity contribution in [3.8, 4) is 0 Å². The number of sulfonamides is 1. The van der Waals surface area contributed by atoms with Crippen molar-refractivity contribution in [3.63, 3.8) is 0 Å². The van der Waals surface area contributed by atoms with Crippen LogP contribution in [-0.2, 0) is 26.2 Å². The molecule has 6 nitrogen and oxygen atoms in total. The minimum absolute atomic E-state index is 0.0738. The third-order valence-electron chi connectivity index (χ3n) is 5.45. The largest absolute Gasteiger partial charge is 0.369 e. The summed E-state index contributed by atoms with van der Waals surface area (Å²) in [7, 11) is -7.02. The average molecular weight is 496 g/mol. The zero-order valence-corrected chi connectivity index (χ0v) is 21.7. The molecule has 0 saturated carbocycles. The van der Waals surface area contributed by atoms with Gasteiger partial charge in [-0.15, -0.1) is 0 Å². The molecule has 1 unspecified atom stereocenters. The van der Waals surface area contributed by atoms with Gasteiger partial charge in [-0.1, -0.05) is 32.9 Å². The van der Waals surface area contributed by atoms with Gasteiger partial charge in [0.25, 0.3) is 10.0 Å². The summed E-state index contributed by atoms with van der Waals surface area (Å²) in [6.45, 7) is 7.94. The number of hydrogen-bond donors (Lipinski definition) is 1. The number of hydrogen-bond acceptors (Lipinski definition) is 6. The normalized spacial score (nSPS) is 16.7. The minimum atomic E-state index is -3.90. The second-order valence-corrected chi connectivity index (χ2v) is 13.7. The number of benzene rings is 2. The van der Waals surface area contributed by atoms with E-state index in [2.05, 4.69) is 11.8 Å². The number of aryl methyl sites for hydroxylation is 1. The van der Waals surface area contributed by atoms with E-state index in [4.69, 9.17) is 4.78 Å². The molecule has 0 bridgehead atoms. The Labute approximate surface area is 197 Å². The maximum absolute atomic E-state index is 13.7. The molecule has 1 aliphatic heterocycles. The van der Waals surface area contributed by atoms with Gasteiger partial charge >= 0.3 is 0 Å². The monoisotopic (exact) mass is 495 g/mol. The minimum Gasteiger partial charge on any atom is -0.369 e. The number of nitrogens with zero attached hydrogens (tertiary/aromatic N) is 2. The van der Waals surface area contributed by atoms with Gasteiger partial charge in [-0.3, -0.25) is 4.31 Å². The van der Waals surface area contributed by atoms with Crippen LogP contribution in [0.4, 0.5) is 11.4 Å². The molecule has 0 amide bonds. The maximum atomic E-state index is 13.7. The van der Waals surface area contributed by atoms with Gasteiger partial charge < -0.3 is 4.90 Å². The van der Waals surface area contributed by atoms with Crippen LogP contribution in [0.5, 0.6) is 0 Å². The summed E-state index contributed by atoms with van der Waals surface area (Å²) < 4.78 is 50.0. The lowest BCUT2D eigenvalue weighted by atomic mass is 10.1. The molecule has 9 heteroatoms. The first-order chi connectivity index (χ1) is 15.0. The molecule has 0 spiro atoms. The molecule has 2 aromatic carbocycles. The van der Waals surface area contributed by atoms with Crippen LogP contribution >= 0.6 is 11.8 Å². The fraction of sp³-hybridized carbons (Fsp3) is 0.478. The molecule has 1 heterocycles. The van der Waals surface area contributed by atoms with Crippen LogP contribution < -0.4 is 9.21 Å². The average Bonchev–Trinajstić information content (AvgIpc) is 2.77. The van der Waals surface area contributed by atoms with E-state index in [1.165, 1.54) is 16.6 Å². The van der Waals surface area contributed by atoms with E-state index in [0.29, 0.717) is 17.9 Å². The van der Waals surface area contributed by atoms with Crippen LogP contribution in [0.15, 0.2) is 52.3 Å². The number of thioether (sulfide) groups is 1. The quantitative estimate of drug-likeness (QED) is 0.575. The van der Waals surface area contributed by atoms with E-state index in [1.54, 1.807) is 12.1 Å². The molecule has 2 aromatic rings. The molecule has 1 saturated heterocycles. The molecule has 3 rings (SSSR count). The molecule has 0 aromatic heterocycles. The van der Waals surface area contributed by atoms with Crippen LogP contribution in [0.2, 0.25) is 0 Å². The van der Waals surface area contributed by atoms with Crippen molar-refractivity contribution in [1.82, 2.24) is 0 Å². The van der Waals surface area contributed by atoms with Gasteiger partial charge in [-0.25, -0.2) is 17.4 Å². The summed E-state index contributed by atoms with van der Waals surface area (Å²) in [5.41, 5.74) is 2.45. The summed E-state index contributed by atoms with van der Waals surface area (Å²) in [5, 5.41) is 0. The van der Waals surface area contributed by atoms with Gasteiger partial charge in [-0.05, 0) is 48.2 Å². The van der Waals surface area contributed by atoms with Crippen molar-refractivity contribution in [3.05, 3.63) is 48.0 Å². The highest BCUT2D eigenvalue weighted by Gasteiger charge is 2.28. The number of rotatable bonds is 8. The van der Waals surface area contributed by atoms with Crippen molar-refractivity contribution >= 4 is 42.9 Å². The predicted molar refractivity (Wildman–Crippen MR) is 136 cm³/mol. The predicted octanol–water partition coefficient (Wildman–Crippen LogP) is 4.69. The van der Waals surface area contributed by atoms with Gasteiger partial charge in [0.1, 0.15) is 0 Å². The number of anilines is 2. The highest BCUT2D eigenvalue weighted by atomic mass is 32.2. The molecule has 176 valence electrons. The van der Waals surface area contributed by atoms with Crippen LogP contribution in [0, 0.1) is 10.7 Å². The molecule has 1 N–H and O–H groups in total. The second kappa shape index (κ2) is 10.1. The van der Waals surface area contributed by atoms with Crippen molar-refractivity contribution in [1.29, 1.82) is 4.78 Å². The van der Waals surface area contributed by atoms with Gasteiger partial charge in [0.05, 0.1) is 30.9 Å². The highest BCUT2D eigenvalue weighted by Crippen LogP contribution is 2.33. The Morgan fingerprint density at radius 3 is 2.22 bits per heavy atom. The van der Waals surface area contributed by atoms with E-state index < -0.39 is 19.8 Å². The summed E-state index contributed by atoms with van der Waals surface area (Å²) >= 11 is 1.86. The smallest absolute Gasteiger partial charge is 0.264 e. The van der Waals surface area contributed by atoms with Crippen LogP contribution in [0.25, 0.3) is 0 Å². The van der Waals surface area contributed by atoms with Crippen molar-refractivity contribution in [2.75, 3.05) is 46.6 Å². The van der Waals surface area contributed by atoms with Crippen LogP contribution in [-0.4, -0.2) is 50.0 Å². The Kier molecular flexibility index (Phi) is 7.83. The molecular weight excluding hydrogens is 462 g/mol. The summed E-state index contributed by atoms with van der Waals surface area (Å²) in [6.07, 6.45) is 2.24. The lowest BCUT2D eigenvalue weighted by molar-refractivity contribution is 0.577. The van der Waals surface area contributed by atoms with E-state index in [0.717, 1.165) is 36.6 Å². The SMILES string of the molecule is CCc1ccc(N(CC(C)C)S(=O)(=O)c2ccc(N3CCSCC3)c(S(C)(=N)=O)c2)cc1. The zero-order valence-electron chi connectivity index (χ0n) is 19.2. The fourth-order valence-electron chi connectivity index (χ4n) is 3.73. The maximum Gasteiger partial charge on any atom is 0.264 e. The molecule has 1 fully saturated rings. The van der Waals surface area contributed by atoms with Crippen molar-refractivity contribution < 1.29 is 12.6 Å². The lowest BCUT2D eigenvalue weighted by Crippen LogP contribution is -2.35. The van der Waals surface area contributed by atoms with E-state index in [-0.39, 0.29) is 15.7 Å². The van der Waals surface area contributed by atoms with Gasteiger partial charge in [0.15, 0.2) is 0 Å². The Morgan fingerprint density at radius 1 is 1.06 bits per heavy atom. The highest BCUT2D eigenvalue weighted by molar-refractivity contribution is 7.99. The third kappa shape index (κ3) is 5.61. The first-order valence-electron chi connectivity index (χ1n) is 10.9. The first-order valence-corrected chi connectivity index (χ1v) is 15.4. The topological polar surface area (TPSA) is 81.5 Å². The van der Waals surface area contributed by atoms with E-state index in [9.17, 15) is 12.6 Å². The molecule has 1 aliphatic rings. The van der Waals surface area contributed by atoms with E-state index >= 15 is 0 Å². The molecule has 0 aliphatic carbocycles. The zero-order chi connectivity index (χ0) is 23.5. The molecule has 32 heavy (non-hydrogen) atoms. The van der Waals surface area contributed by atoms with Crippen molar-refractivity contribution in [2.45, 2.75) is 37.0 Å². The van der Waals surface area contributed by atoms with Crippen LogP contribution in [0.3, 0.4) is 0 Å². The molecule has 0 radical (unpaired) electrons. The standard InChI is InChI=1S/C23H33N3O3S3/c1-5-19-6-8-20(9-7-19)26(17-18(2)3)32(28,29)21-10-11-22(23(16-21)31(4,24)27)25-12-14-30-15-13-25/h6-11,16,18,24H,5,12-15,17H2,1-4H3. The number of nitrogens with one attached hydrogen (secondary N) is 1. The summed E-state index contributed by atoms with van der Waals surface area (Å²) in [5.74, 6) is 2.03. The molecule has 1 atom stereocenters. The Bertz CT molecular complexity index is 1140. The Balaban J connectivity index is 2.09. The third-order valence-corrected chi connectivity index (χ3v) is 9.35. The summed E-state index contributed by atoms with van der Waals surface area (Å²) in [6, 6.07) is 12.3. The Morgan fingerprint density at radius 2 is 1.69 bits per heavy atom. The van der Waals surface area contributed by atoms with Gasteiger partial charge in [-0.2, -0.15) is 11.8 Å². The summed E-state index contributed by atoms with van der Waals surface area (Å²) in [4.78, 5) is 2.47. The molecular formula is C23H33N3O3S3. The Hall–Kier alpha value is -1.71. The van der Waals surface area contributed by atoms with Gasteiger partial charge in [0.2, 0.25) is 0 Å². The van der Waals surface area contributed by atoms with Gasteiger partial charge in [0, 0.05) is 37.4 Å². The second-order valence-electron chi connectivity index (χ2n) is 8.52. The van der Waals surface area contributed by atoms with Crippen LogP contribution in [0.1, 0.15) is 26.3 Å².